The van der Waals surface area contributed by atoms with Crippen molar-refractivity contribution in [3.05, 3.63) is 24.3 Å². The van der Waals surface area contributed by atoms with Crippen molar-refractivity contribution in [2.45, 2.75) is 11.2 Å². The van der Waals surface area contributed by atoms with Gasteiger partial charge in [-0.25, -0.2) is 8.42 Å². The maximum atomic E-state index is 11.4. The second kappa shape index (κ2) is 6.00. The third-order valence-electron chi connectivity index (χ3n) is 2.26. The molecule has 1 aromatic rings. The third-order valence-corrected chi connectivity index (χ3v) is 3.37. The van der Waals surface area contributed by atoms with E-state index in [0.29, 0.717) is 12.2 Å². The molecule has 0 saturated carbocycles. The molecule has 0 aliphatic carbocycles. The molecule has 6 heteroatoms. The molecule has 1 rings (SSSR count). The molecular weight excluding hydrogens is 242 g/mol. The Kier molecular flexibility index (Phi) is 4.92. The Morgan fingerprint density at radius 1 is 1.29 bits per heavy atom. The Morgan fingerprint density at radius 2 is 1.94 bits per heavy atom. The number of anilines is 1. The van der Waals surface area contributed by atoms with Crippen LogP contribution in [0.15, 0.2) is 29.2 Å². The smallest absolute Gasteiger partial charge is 0.175 e. The van der Waals surface area contributed by atoms with E-state index in [9.17, 15) is 8.42 Å². The minimum Gasteiger partial charge on any atom is -0.380 e. The van der Waals surface area contributed by atoms with Gasteiger partial charge >= 0.3 is 0 Å². The fraction of sp³-hybridized carbons (Fsp3) is 0.455. The molecule has 0 aliphatic rings. The van der Waals surface area contributed by atoms with Crippen LogP contribution in [0, 0.1) is 0 Å². The van der Waals surface area contributed by atoms with Crippen LogP contribution in [0.1, 0.15) is 0 Å². The molecular formula is C11H17NO4S. The molecule has 1 aromatic carbocycles. The molecule has 0 bridgehead atoms. The Bertz CT molecular complexity index is 454. The monoisotopic (exact) mass is 259 g/mol. The summed E-state index contributed by atoms with van der Waals surface area (Å²) in [6.07, 6.45) is 0.816. The van der Waals surface area contributed by atoms with E-state index in [0.717, 1.165) is 0 Å². The van der Waals surface area contributed by atoms with Crippen LogP contribution in [0.3, 0.4) is 0 Å². The molecule has 0 radical (unpaired) electrons. The second-order valence-electron chi connectivity index (χ2n) is 3.58. The van der Waals surface area contributed by atoms with Gasteiger partial charge in [-0.1, -0.05) is 6.07 Å². The van der Waals surface area contributed by atoms with Crippen molar-refractivity contribution in [3.63, 3.8) is 0 Å². The van der Waals surface area contributed by atoms with Crippen molar-refractivity contribution in [1.82, 2.24) is 0 Å². The number of nitrogens with one attached hydrogen (secondary N) is 1. The van der Waals surface area contributed by atoms with Gasteiger partial charge in [0.15, 0.2) is 16.1 Å². The fourth-order valence-corrected chi connectivity index (χ4v) is 1.97. The lowest BCUT2D eigenvalue weighted by Gasteiger charge is -2.15. The zero-order valence-corrected chi connectivity index (χ0v) is 11.0. The molecule has 0 unspecified atom stereocenters. The summed E-state index contributed by atoms with van der Waals surface area (Å²) >= 11 is 0. The molecule has 0 fully saturated rings. The molecule has 0 aromatic heterocycles. The average Bonchev–Trinajstić information content (AvgIpc) is 2.30. The SMILES string of the molecule is COC(CNc1cccc(S(C)(=O)=O)c1)OC. The first-order valence-corrected chi connectivity index (χ1v) is 6.96. The standard InChI is InChI=1S/C11H17NO4S/c1-15-11(16-2)8-12-9-5-4-6-10(7-9)17(3,13)14/h4-7,11-12H,8H2,1-3H3. The van der Waals surface area contributed by atoms with E-state index in [1.54, 1.807) is 38.5 Å². The summed E-state index contributed by atoms with van der Waals surface area (Å²) in [4.78, 5) is 0.286. The first-order chi connectivity index (χ1) is 7.97. The summed E-state index contributed by atoms with van der Waals surface area (Å²) in [5, 5.41) is 3.04. The van der Waals surface area contributed by atoms with Crippen molar-refractivity contribution in [3.8, 4) is 0 Å². The van der Waals surface area contributed by atoms with Crippen LogP contribution in [0.5, 0.6) is 0 Å². The molecule has 0 spiro atoms. The molecule has 0 atom stereocenters. The van der Waals surface area contributed by atoms with E-state index in [1.807, 2.05) is 0 Å². The number of benzene rings is 1. The second-order valence-corrected chi connectivity index (χ2v) is 5.60. The van der Waals surface area contributed by atoms with Crippen LogP contribution in [0.25, 0.3) is 0 Å². The molecule has 0 heterocycles. The van der Waals surface area contributed by atoms with Crippen LogP contribution in [-0.4, -0.2) is 41.7 Å². The number of methoxy groups -OCH3 is 2. The zero-order chi connectivity index (χ0) is 12.9. The van der Waals surface area contributed by atoms with Gasteiger partial charge in [0, 0.05) is 26.2 Å². The quantitative estimate of drug-likeness (QED) is 0.776. The van der Waals surface area contributed by atoms with Crippen molar-refractivity contribution in [2.75, 3.05) is 32.3 Å². The maximum Gasteiger partial charge on any atom is 0.175 e. The van der Waals surface area contributed by atoms with Crippen LogP contribution >= 0.6 is 0 Å². The molecule has 5 nitrogen and oxygen atoms in total. The average molecular weight is 259 g/mol. The predicted molar refractivity (Wildman–Crippen MR) is 65.8 cm³/mol. The molecule has 1 N–H and O–H groups in total. The van der Waals surface area contributed by atoms with E-state index in [-0.39, 0.29) is 11.2 Å². The normalized spacial score (nSPS) is 11.8. The van der Waals surface area contributed by atoms with Crippen LogP contribution < -0.4 is 5.32 Å². The largest absolute Gasteiger partial charge is 0.380 e. The lowest BCUT2D eigenvalue weighted by molar-refractivity contribution is -0.0914. The van der Waals surface area contributed by atoms with Gasteiger partial charge in [-0.05, 0) is 18.2 Å². The lowest BCUT2D eigenvalue weighted by Crippen LogP contribution is -2.23. The minimum absolute atomic E-state index is 0.286. The fourth-order valence-electron chi connectivity index (χ4n) is 1.30. The minimum atomic E-state index is -3.18. The van der Waals surface area contributed by atoms with Crippen LogP contribution in [-0.2, 0) is 19.3 Å². The summed E-state index contributed by atoms with van der Waals surface area (Å²) in [6, 6.07) is 6.62. The van der Waals surface area contributed by atoms with Crippen LogP contribution in [0.2, 0.25) is 0 Å². The van der Waals surface area contributed by atoms with Crippen molar-refractivity contribution in [1.29, 1.82) is 0 Å². The predicted octanol–water partition coefficient (Wildman–Crippen LogP) is 1.12. The van der Waals surface area contributed by atoms with Gasteiger partial charge < -0.3 is 14.8 Å². The van der Waals surface area contributed by atoms with E-state index in [2.05, 4.69) is 5.32 Å². The Balaban J connectivity index is 2.73. The molecule has 0 aliphatic heterocycles. The summed E-state index contributed by atoms with van der Waals surface area (Å²) in [7, 11) is -0.0887. The highest BCUT2D eigenvalue weighted by Crippen LogP contribution is 2.15. The highest BCUT2D eigenvalue weighted by molar-refractivity contribution is 7.90. The van der Waals surface area contributed by atoms with E-state index in [4.69, 9.17) is 9.47 Å². The van der Waals surface area contributed by atoms with Gasteiger partial charge in [-0.3, -0.25) is 0 Å². The highest BCUT2D eigenvalue weighted by Gasteiger charge is 2.08. The molecule has 0 saturated heterocycles. The van der Waals surface area contributed by atoms with Gasteiger partial charge in [0.2, 0.25) is 0 Å². The number of hydrogen-bond donors (Lipinski definition) is 1. The number of sulfone groups is 1. The summed E-state index contributed by atoms with van der Waals surface area (Å²) < 4.78 is 32.7. The number of hydrogen-bond acceptors (Lipinski definition) is 5. The van der Waals surface area contributed by atoms with E-state index < -0.39 is 9.84 Å². The highest BCUT2D eigenvalue weighted by atomic mass is 32.2. The van der Waals surface area contributed by atoms with Crippen LogP contribution in [0.4, 0.5) is 5.69 Å². The van der Waals surface area contributed by atoms with E-state index >= 15 is 0 Å². The molecule has 17 heavy (non-hydrogen) atoms. The van der Waals surface area contributed by atoms with Crippen molar-refractivity contribution in [2.24, 2.45) is 0 Å². The van der Waals surface area contributed by atoms with Gasteiger partial charge in [0.25, 0.3) is 0 Å². The molecule has 0 amide bonds. The first-order valence-electron chi connectivity index (χ1n) is 5.07. The van der Waals surface area contributed by atoms with Crippen molar-refractivity contribution < 1.29 is 17.9 Å². The Morgan fingerprint density at radius 3 is 2.47 bits per heavy atom. The Hall–Kier alpha value is -1.11. The topological polar surface area (TPSA) is 64.6 Å². The summed E-state index contributed by atoms with van der Waals surface area (Å²) in [6.45, 7) is 0.445. The van der Waals surface area contributed by atoms with Gasteiger partial charge in [0.05, 0.1) is 11.4 Å². The number of ether oxygens (including phenoxy) is 2. The summed E-state index contributed by atoms with van der Waals surface area (Å²) in [5.41, 5.74) is 0.715. The van der Waals surface area contributed by atoms with Gasteiger partial charge in [0.1, 0.15) is 0 Å². The Labute approximate surface area is 102 Å². The maximum absolute atomic E-state index is 11.4. The number of rotatable bonds is 6. The molecule has 96 valence electrons. The zero-order valence-electron chi connectivity index (χ0n) is 10.1. The van der Waals surface area contributed by atoms with Gasteiger partial charge in [-0.2, -0.15) is 0 Å². The van der Waals surface area contributed by atoms with E-state index in [1.165, 1.54) is 6.26 Å². The first kappa shape index (κ1) is 14.0. The van der Waals surface area contributed by atoms with Crippen molar-refractivity contribution >= 4 is 15.5 Å². The third kappa shape index (κ3) is 4.33. The van der Waals surface area contributed by atoms with Gasteiger partial charge in [-0.15, -0.1) is 0 Å². The lowest BCUT2D eigenvalue weighted by atomic mass is 10.3. The summed E-state index contributed by atoms with van der Waals surface area (Å²) in [5.74, 6) is 0.